The summed E-state index contributed by atoms with van der Waals surface area (Å²) in [5.41, 5.74) is 3.55. The summed E-state index contributed by atoms with van der Waals surface area (Å²) in [6.07, 6.45) is 2.64. The molecule has 1 aliphatic carbocycles. The van der Waals surface area contributed by atoms with Gasteiger partial charge in [-0.25, -0.2) is 0 Å². The molecule has 0 saturated heterocycles. The van der Waals surface area contributed by atoms with Crippen molar-refractivity contribution >= 4 is 33.1 Å². The number of alkyl halides is 1. The van der Waals surface area contributed by atoms with Gasteiger partial charge >= 0.3 is 0 Å². The van der Waals surface area contributed by atoms with Crippen LogP contribution in [0.4, 0.5) is 0 Å². The molecule has 3 aromatic rings. The van der Waals surface area contributed by atoms with Gasteiger partial charge in [-0.2, -0.15) is 0 Å². The van der Waals surface area contributed by atoms with E-state index in [9.17, 15) is 5.11 Å². The first kappa shape index (κ1) is 13.1. The van der Waals surface area contributed by atoms with Crippen LogP contribution in [-0.4, -0.2) is 5.11 Å². The van der Waals surface area contributed by atoms with Crippen LogP contribution in [0.25, 0.3) is 21.5 Å². The van der Waals surface area contributed by atoms with E-state index in [-0.39, 0.29) is 6.10 Å². The maximum atomic E-state index is 10.5. The molecule has 21 heavy (non-hydrogen) atoms. The highest BCUT2D eigenvalue weighted by Gasteiger charge is 2.21. The lowest BCUT2D eigenvalue weighted by Crippen LogP contribution is -2.10. The second kappa shape index (κ2) is 5.01. The molecule has 0 amide bonds. The molecule has 0 fully saturated rings. The number of rotatable bonds is 1. The van der Waals surface area contributed by atoms with Gasteiger partial charge in [0.1, 0.15) is 0 Å². The van der Waals surface area contributed by atoms with Gasteiger partial charge in [-0.3, -0.25) is 0 Å². The average Bonchev–Trinajstić information content (AvgIpc) is 2.53. The molecule has 1 nitrogen and oxygen atoms in total. The van der Waals surface area contributed by atoms with Crippen molar-refractivity contribution in [3.8, 4) is 0 Å². The van der Waals surface area contributed by atoms with E-state index in [2.05, 4.69) is 42.5 Å². The lowest BCUT2D eigenvalue weighted by molar-refractivity contribution is 0.158. The maximum Gasteiger partial charge on any atom is 0.0798 e. The zero-order valence-corrected chi connectivity index (χ0v) is 12.5. The van der Waals surface area contributed by atoms with Crippen LogP contribution < -0.4 is 0 Å². The molecule has 106 valence electrons. The summed E-state index contributed by atoms with van der Waals surface area (Å²) >= 11 is 6.16. The molecule has 0 spiro atoms. The van der Waals surface area contributed by atoms with Crippen LogP contribution in [0.1, 0.15) is 35.6 Å². The van der Waals surface area contributed by atoms with Crippen molar-refractivity contribution in [2.45, 2.75) is 31.2 Å². The van der Waals surface area contributed by atoms with Crippen LogP contribution in [0.5, 0.6) is 0 Å². The molecule has 0 saturated carbocycles. The normalized spacial score (nSPS) is 18.1. The van der Waals surface area contributed by atoms with Gasteiger partial charge in [0.15, 0.2) is 0 Å². The van der Waals surface area contributed by atoms with Crippen molar-refractivity contribution in [3.63, 3.8) is 0 Å². The first-order valence-corrected chi connectivity index (χ1v) is 8.03. The summed E-state index contributed by atoms with van der Waals surface area (Å²) in [6.45, 7) is 0. The Hall–Kier alpha value is -1.57. The molecule has 1 unspecified atom stereocenters. The number of aryl methyl sites for hydroxylation is 1. The van der Waals surface area contributed by atoms with Crippen molar-refractivity contribution < 1.29 is 5.11 Å². The fourth-order valence-electron chi connectivity index (χ4n) is 3.67. The largest absolute Gasteiger partial charge is 0.388 e. The van der Waals surface area contributed by atoms with Crippen molar-refractivity contribution in [2.24, 2.45) is 0 Å². The van der Waals surface area contributed by atoms with E-state index in [1.54, 1.807) is 0 Å². The zero-order valence-electron chi connectivity index (χ0n) is 11.8. The predicted molar refractivity (Wildman–Crippen MR) is 88.9 cm³/mol. The lowest BCUT2D eigenvalue weighted by atomic mass is 9.84. The van der Waals surface area contributed by atoms with E-state index in [1.807, 2.05) is 0 Å². The maximum absolute atomic E-state index is 10.5. The molecular weight excluding hydrogens is 280 g/mol. The summed E-state index contributed by atoms with van der Waals surface area (Å²) in [6, 6.07) is 15.0. The van der Waals surface area contributed by atoms with Crippen LogP contribution >= 0.6 is 11.6 Å². The molecule has 2 heteroatoms. The Balaban J connectivity index is 2.18. The smallest absolute Gasteiger partial charge is 0.0798 e. The van der Waals surface area contributed by atoms with Crippen molar-refractivity contribution in [3.05, 3.63) is 59.2 Å². The molecule has 0 aliphatic heterocycles. The van der Waals surface area contributed by atoms with Crippen LogP contribution in [-0.2, 0) is 12.3 Å². The van der Waals surface area contributed by atoms with E-state index in [1.165, 1.54) is 27.1 Å². The van der Waals surface area contributed by atoms with Crippen LogP contribution in [0.15, 0.2) is 42.5 Å². The number of fused-ring (bicyclic) bond motifs is 5. The fourth-order valence-corrected chi connectivity index (χ4v) is 3.90. The van der Waals surface area contributed by atoms with Crippen molar-refractivity contribution in [2.75, 3.05) is 0 Å². The summed E-state index contributed by atoms with van der Waals surface area (Å²) in [5.74, 6) is 0.496. The topological polar surface area (TPSA) is 20.2 Å². The summed E-state index contributed by atoms with van der Waals surface area (Å²) in [5, 5.41) is 15.3. The number of hydrogen-bond donors (Lipinski definition) is 1. The number of hydrogen-bond acceptors (Lipinski definition) is 1. The predicted octanol–water partition coefficient (Wildman–Crippen LogP) is 5.10. The highest BCUT2D eigenvalue weighted by molar-refractivity contribution is 6.19. The molecule has 4 rings (SSSR count). The Bertz CT molecular complexity index is 838. The van der Waals surface area contributed by atoms with Gasteiger partial charge in [0.25, 0.3) is 0 Å². The molecule has 0 bridgehead atoms. The number of aliphatic hydroxyl groups is 1. The molecule has 3 aromatic carbocycles. The Morgan fingerprint density at radius 2 is 1.76 bits per heavy atom. The van der Waals surface area contributed by atoms with Gasteiger partial charge in [0.05, 0.1) is 6.10 Å². The van der Waals surface area contributed by atoms with Gasteiger partial charge in [0, 0.05) is 5.88 Å². The van der Waals surface area contributed by atoms with Gasteiger partial charge < -0.3 is 5.11 Å². The number of aliphatic hydroxyl groups excluding tert-OH is 1. The number of halogens is 1. The first-order chi connectivity index (χ1) is 10.3. The van der Waals surface area contributed by atoms with Gasteiger partial charge in [0.2, 0.25) is 0 Å². The third-order valence-corrected chi connectivity index (χ3v) is 4.95. The van der Waals surface area contributed by atoms with Crippen molar-refractivity contribution in [1.29, 1.82) is 0 Å². The van der Waals surface area contributed by atoms with Crippen LogP contribution in [0.2, 0.25) is 0 Å². The molecule has 0 heterocycles. The van der Waals surface area contributed by atoms with Gasteiger partial charge in [-0.1, -0.05) is 36.4 Å². The molecule has 1 aliphatic rings. The Kier molecular flexibility index (Phi) is 3.13. The Morgan fingerprint density at radius 3 is 2.57 bits per heavy atom. The van der Waals surface area contributed by atoms with Gasteiger partial charge in [-0.15, -0.1) is 11.6 Å². The minimum Gasteiger partial charge on any atom is -0.388 e. The fraction of sp³-hybridized carbons (Fsp3) is 0.263. The van der Waals surface area contributed by atoms with E-state index in [0.29, 0.717) is 5.88 Å². The monoisotopic (exact) mass is 296 g/mol. The highest BCUT2D eigenvalue weighted by atomic mass is 35.5. The third kappa shape index (κ3) is 1.96. The Morgan fingerprint density at radius 1 is 1.00 bits per heavy atom. The zero-order chi connectivity index (χ0) is 14.4. The summed E-state index contributed by atoms with van der Waals surface area (Å²) < 4.78 is 0. The molecular formula is C19H17ClO. The standard InChI is InChI=1S/C19H17ClO/c20-11-13-10-17-16(15-6-2-1-5-14(13)15)9-8-12-4-3-7-18(21)19(12)17/h1-2,5-6,8-10,18,21H,3-4,7,11H2. The minimum atomic E-state index is -0.346. The van der Waals surface area contributed by atoms with Gasteiger partial charge in [-0.05, 0) is 63.6 Å². The molecule has 0 radical (unpaired) electrons. The second-order valence-electron chi connectivity index (χ2n) is 5.86. The molecule has 1 atom stereocenters. The van der Waals surface area contributed by atoms with Crippen LogP contribution in [0.3, 0.4) is 0 Å². The van der Waals surface area contributed by atoms with E-state index in [0.717, 1.165) is 30.4 Å². The molecule has 0 aromatic heterocycles. The SMILES string of the molecule is OC1CCCc2ccc3c(cc(CCl)c4ccccc43)c21. The van der Waals surface area contributed by atoms with E-state index < -0.39 is 0 Å². The lowest BCUT2D eigenvalue weighted by Gasteiger charge is -2.24. The highest BCUT2D eigenvalue weighted by Crippen LogP contribution is 2.39. The van der Waals surface area contributed by atoms with Crippen LogP contribution in [0, 0.1) is 0 Å². The quantitative estimate of drug-likeness (QED) is 0.489. The van der Waals surface area contributed by atoms with E-state index >= 15 is 0 Å². The Labute approximate surface area is 129 Å². The first-order valence-electron chi connectivity index (χ1n) is 7.49. The minimum absolute atomic E-state index is 0.346. The third-order valence-electron chi connectivity index (χ3n) is 4.66. The summed E-state index contributed by atoms with van der Waals surface area (Å²) in [4.78, 5) is 0. The number of benzene rings is 3. The summed E-state index contributed by atoms with van der Waals surface area (Å²) in [7, 11) is 0. The second-order valence-corrected chi connectivity index (χ2v) is 6.12. The van der Waals surface area contributed by atoms with E-state index in [4.69, 9.17) is 11.6 Å². The average molecular weight is 297 g/mol. The van der Waals surface area contributed by atoms with Crippen molar-refractivity contribution in [1.82, 2.24) is 0 Å². The molecule has 1 N–H and O–H groups in total.